The molecule has 1 amide bonds. The lowest BCUT2D eigenvalue weighted by molar-refractivity contribution is -0.140. The van der Waals surface area contributed by atoms with Gasteiger partial charge < -0.3 is 24.2 Å². The Morgan fingerprint density at radius 1 is 1.06 bits per heavy atom. The molecule has 1 heterocycles. The number of aliphatic hydroxyl groups excluding tert-OH is 1. The van der Waals surface area contributed by atoms with E-state index in [-0.39, 0.29) is 11.3 Å². The van der Waals surface area contributed by atoms with Gasteiger partial charge in [-0.15, -0.1) is 0 Å². The molecule has 0 radical (unpaired) electrons. The summed E-state index contributed by atoms with van der Waals surface area (Å²) in [5, 5.41) is 11.0. The Labute approximate surface area is 187 Å². The van der Waals surface area contributed by atoms with Gasteiger partial charge in [0.2, 0.25) is 0 Å². The van der Waals surface area contributed by atoms with Crippen LogP contribution in [0.3, 0.4) is 0 Å². The van der Waals surface area contributed by atoms with Crippen LogP contribution in [-0.2, 0) is 14.3 Å². The standard InChI is InChI=1S/C25H27NO6/c1-4-15-32-20-12-6-17(7-13-20)22-21(23(27)18-8-10-19(31-3)11-9-18)24(28)25(29)26(22)14-5-16-30-2/h4,6-13,22,27H,1,5,14-16H2,2-3H3/b23-21+. The lowest BCUT2D eigenvalue weighted by atomic mass is 9.95. The summed E-state index contributed by atoms with van der Waals surface area (Å²) < 4.78 is 15.8. The highest BCUT2D eigenvalue weighted by Gasteiger charge is 2.45. The number of methoxy groups -OCH3 is 2. The number of ether oxygens (including phenoxy) is 3. The van der Waals surface area contributed by atoms with E-state index in [0.717, 1.165) is 0 Å². The molecule has 1 saturated heterocycles. The van der Waals surface area contributed by atoms with Crippen LogP contribution in [0, 0.1) is 0 Å². The first-order chi connectivity index (χ1) is 15.5. The van der Waals surface area contributed by atoms with E-state index in [4.69, 9.17) is 14.2 Å². The van der Waals surface area contributed by atoms with Crippen molar-refractivity contribution in [2.75, 3.05) is 34.0 Å². The first-order valence-electron chi connectivity index (χ1n) is 10.3. The predicted octanol–water partition coefficient (Wildman–Crippen LogP) is 3.72. The molecule has 1 atom stereocenters. The number of amides is 1. The largest absolute Gasteiger partial charge is 0.507 e. The summed E-state index contributed by atoms with van der Waals surface area (Å²) in [6.45, 7) is 4.76. The van der Waals surface area contributed by atoms with Crippen LogP contribution in [0.15, 0.2) is 66.8 Å². The topological polar surface area (TPSA) is 85.3 Å². The fraction of sp³-hybridized carbons (Fsp3) is 0.280. The van der Waals surface area contributed by atoms with Crippen LogP contribution >= 0.6 is 0 Å². The van der Waals surface area contributed by atoms with E-state index < -0.39 is 17.7 Å². The minimum atomic E-state index is -0.720. The van der Waals surface area contributed by atoms with E-state index in [1.165, 1.54) is 4.90 Å². The van der Waals surface area contributed by atoms with E-state index in [1.807, 2.05) is 0 Å². The number of likely N-dealkylation sites (tertiary alicyclic amines) is 1. The maximum Gasteiger partial charge on any atom is 0.295 e. The monoisotopic (exact) mass is 437 g/mol. The van der Waals surface area contributed by atoms with E-state index in [1.54, 1.807) is 68.8 Å². The van der Waals surface area contributed by atoms with E-state index in [9.17, 15) is 14.7 Å². The number of carbonyl (C=O) groups is 2. The van der Waals surface area contributed by atoms with Crippen LogP contribution < -0.4 is 9.47 Å². The molecule has 1 aliphatic heterocycles. The number of hydrogen-bond acceptors (Lipinski definition) is 6. The minimum absolute atomic E-state index is 0.0531. The normalized spacial score (nSPS) is 17.4. The molecule has 0 aromatic heterocycles. The van der Waals surface area contributed by atoms with Gasteiger partial charge in [-0.2, -0.15) is 0 Å². The third-order valence-electron chi connectivity index (χ3n) is 5.21. The Bertz CT molecular complexity index is 994. The van der Waals surface area contributed by atoms with Crippen molar-refractivity contribution in [1.82, 2.24) is 4.90 Å². The summed E-state index contributed by atoms with van der Waals surface area (Å²) in [5.41, 5.74) is 1.18. The number of nitrogens with zero attached hydrogens (tertiary/aromatic N) is 1. The van der Waals surface area contributed by atoms with Crippen molar-refractivity contribution in [3.8, 4) is 11.5 Å². The SMILES string of the molecule is C=CCOc1ccc(C2/C(=C(\O)c3ccc(OC)cc3)C(=O)C(=O)N2CCCOC)cc1. The molecule has 0 spiro atoms. The number of rotatable bonds is 10. The molecule has 2 aromatic carbocycles. The number of ketones is 1. The van der Waals surface area contributed by atoms with Crippen LogP contribution in [0.4, 0.5) is 0 Å². The highest BCUT2D eigenvalue weighted by atomic mass is 16.5. The van der Waals surface area contributed by atoms with Crippen molar-refractivity contribution < 1.29 is 28.9 Å². The maximum atomic E-state index is 13.0. The van der Waals surface area contributed by atoms with Crippen LogP contribution in [-0.4, -0.2) is 55.7 Å². The second-order valence-corrected chi connectivity index (χ2v) is 7.24. The molecule has 3 rings (SSSR count). The lowest BCUT2D eigenvalue weighted by Crippen LogP contribution is -2.31. The van der Waals surface area contributed by atoms with Crippen LogP contribution in [0.2, 0.25) is 0 Å². The molecule has 1 unspecified atom stereocenters. The molecule has 1 fully saturated rings. The van der Waals surface area contributed by atoms with Gasteiger partial charge in [0.15, 0.2) is 0 Å². The first kappa shape index (κ1) is 23.1. The molecule has 0 bridgehead atoms. The summed E-state index contributed by atoms with van der Waals surface area (Å²) in [7, 11) is 3.13. The number of benzene rings is 2. The molecule has 168 valence electrons. The van der Waals surface area contributed by atoms with Crippen molar-refractivity contribution in [3.05, 3.63) is 77.9 Å². The summed E-state index contributed by atoms with van der Waals surface area (Å²) in [6, 6.07) is 13.1. The second-order valence-electron chi connectivity index (χ2n) is 7.24. The Hall–Kier alpha value is -3.58. The fourth-order valence-electron chi connectivity index (χ4n) is 3.64. The highest BCUT2D eigenvalue weighted by molar-refractivity contribution is 6.46. The summed E-state index contributed by atoms with van der Waals surface area (Å²) in [4.78, 5) is 27.3. The van der Waals surface area contributed by atoms with Crippen molar-refractivity contribution in [2.45, 2.75) is 12.5 Å². The van der Waals surface area contributed by atoms with Crippen molar-refractivity contribution in [1.29, 1.82) is 0 Å². The van der Waals surface area contributed by atoms with Gasteiger partial charge in [-0.25, -0.2) is 0 Å². The predicted molar refractivity (Wildman–Crippen MR) is 121 cm³/mol. The molecule has 0 aliphatic carbocycles. The molecular weight excluding hydrogens is 410 g/mol. The molecule has 0 saturated carbocycles. The number of aliphatic hydroxyl groups is 1. The Morgan fingerprint density at radius 2 is 1.72 bits per heavy atom. The molecule has 32 heavy (non-hydrogen) atoms. The summed E-state index contributed by atoms with van der Waals surface area (Å²) in [5.74, 6) is -0.327. The summed E-state index contributed by atoms with van der Waals surface area (Å²) >= 11 is 0. The smallest absolute Gasteiger partial charge is 0.295 e. The average molecular weight is 437 g/mol. The van der Waals surface area contributed by atoms with Gasteiger partial charge in [0.05, 0.1) is 18.7 Å². The average Bonchev–Trinajstić information content (AvgIpc) is 3.08. The number of Topliss-reactive ketones (excluding diaryl/α,β-unsaturated/α-hetero) is 1. The van der Waals surface area contributed by atoms with Crippen LogP contribution in [0.1, 0.15) is 23.6 Å². The Kier molecular flexibility index (Phi) is 7.68. The Balaban J connectivity index is 2.04. The Morgan fingerprint density at radius 3 is 2.31 bits per heavy atom. The third kappa shape index (κ3) is 4.84. The first-order valence-corrected chi connectivity index (χ1v) is 10.3. The minimum Gasteiger partial charge on any atom is -0.507 e. The second kappa shape index (κ2) is 10.6. The molecule has 7 heteroatoms. The third-order valence-corrected chi connectivity index (χ3v) is 5.21. The van der Waals surface area contributed by atoms with Gasteiger partial charge in [0.1, 0.15) is 23.9 Å². The summed E-state index contributed by atoms with van der Waals surface area (Å²) in [6.07, 6.45) is 2.20. The highest BCUT2D eigenvalue weighted by Crippen LogP contribution is 2.40. The van der Waals surface area contributed by atoms with Crippen molar-refractivity contribution in [3.63, 3.8) is 0 Å². The van der Waals surface area contributed by atoms with Crippen molar-refractivity contribution in [2.24, 2.45) is 0 Å². The van der Waals surface area contributed by atoms with Gasteiger partial charge in [-0.3, -0.25) is 9.59 Å². The zero-order chi connectivity index (χ0) is 23.1. The van der Waals surface area contributed by atoms with Crippen molar-refractivity contribution >= 4 is 17.4 Å². The van der Waals surface area contributed by atoms with E-state index in [0.29, 0.717) is 48.8 Å². The van der Waals surface area contributed by atoms with Gasteiger partial charge >= 0.3 is 0 Å². The molecule has 2 aromatic rings. The molecule has 1 aliphatic rings. The molecule has 7 nitrogen and oxygen atoms in total. The number of carbonyl (C=O) groups excluding carboxylic acids is 2. The molecular formula is C25H27NO6. The zero-order valence-electron chi connectivity index (χ0n) is 18.2. The molecule has 1 N–H and O–H groups in total. The van der Waals surface area contributed by atoms with E-state index in [2.05, 4.69) is 6.58 Å². The van der Waals surface area contributed by atoms with Gasteiger partial charge in [0, 0.05) is 25.8 Å². The number of hydrogen-bond donors (Lipinski definition) is 1. The van der Waals surface area contributed by atoms with E-state index >= 15 is 0 Å². The van der Waals surface area contributed by atoms with Gasteiger partial charge in [0.25, 0.3) is 11.7 Å². The lowest BCUT2D eigenvalue weighted by Gasteiger charge is -2.25. The van der Waals surface area contributed by atoms with Crippen LogP contribution in [0.5, 0.6) is 11.5 Å². The zero-order valence-corrected chi connectivity index (χ0v) is 18.2. The van der Waals surface area contributed by atoms with Crippen LogP contribution in [0.25, 0.3) is 5.76 Å². The maximum absolute atomic E-state index is 13.0. The fourth-order valence-corrected chi connectivity index (χ4v) is 3.64. The van der Waals surface area contributed by atoms with Gasteiger partial charge in [-0.1, -0.05) is 24.8 Å². The quantitative estimate of drug-likeness (QED) is 0.201. The van der Waals surface area contributed by atoms with Gasteiger partial charge in [-0.05, 0) is 48.4 Å².